The molecule has 0 atom stereocenters. The predicted molar refractivity (Wildman–Crippen MR) is 55.0 cm³/mol. The predicted octanol–water partition coefficient (Wildman–Crippen LogP) is 3.15. The molecule has 16 heavy (non-hydrogen) atoms. The molecule has 1 heterocycles. The number of rotatable bonds is 3. The SMILES string of the molecule is OCCC=Cc1cc(Cl)nc(C(F)(F)F)c1. The Bertz CT molecular complexity index is 390. The summed E-state index contributed by atoms with van der Waals surface area (Å²) in [6.45, 7) is -0.0541. The van der Waals surface area contributed by atoms with E-state index in [1.807, 2.05) is 0 Å². The molecule has 0 spiro atoms. The maximum Gasteiger partial charge on any atom is 0.433 e. The van der Waals surface area contributed by atoms with E-state index in [1.54, 1.807) is 6.08 Å². The fourth-order valence-corrected chi connectivity index (χ4v) is 1.27. The highest BCUT2D eigenvalue weighted by Gasteiger charge is 2.32. The molecule has 0 aliphatic carbocycles. The van der Waals surface area contributed by atoms with Crippen molar-refractivity contribution in [3.8, 4) is 0 Å². The molecule has 0 radical (unpaired) electrons. The second-order valence-electron chi connectivity index (χ2n) is 3.02. The summed E-state index contributed by atoms with van der Waals surface area (Å²) >= 11 is 5.47. The average molecular weight is 252 g/mol. The third-order valence-electron chi connectivity index (χ3n) is 1.71. The summed E-state index contributed by atoms with van der Waals surface area (Å²) in [7, 11) is 0. The minimum Gasteiger partial charge on any atom is -0.396 e. The van der Waals surface area contributed by atoms with Gasteiger partial charge in [0.15, 0.2) is 0 Å². The molecule has 1 N–H and O–H groups in total. The lowest BCUT2D eigenvalue weighted by molar-refractivity contribution is -0.141. The summed E-state index contributed by atoms with van der Waals surface area (Å²) in [5.74, 6) is 0. The number of alkyl halides is 3. The minimum absolute atomic E-state index is 0.0541. The summed E-state index contributed by atoms with van der Waals surface area (Å²) in [5, 5.41) is 8.30. The molecule has 0 bridgehead atoms. The van der Waals surface area contributed by atoms with Crippen LogP contribution in [0.1, 0.15) is 17.7 Å². The zero-order chi connectivity index (χ0) is 12.2. The van der Waals surface area contributed by atoms with Crippen molar-refractivity contribution in [3.05, 3.63) is 34.6 Å². The highest BCUT2D eigenvalue weighted by atomic mass is 35.5. The fourth-order valence-electron chi connectivity index (χ4n) is 1.05. The van der Waals surface area contributed by atoms with Crippen LogP contribution in [0.15, 0.2) is 18.2 Å². The lowest BCUT2D eigenvalue weighted by atomic mass is 10.2. The standard InChI is InChI=1S/C10H9ClF3NO/c11-9-6-7(3-1-2-4-16)5-8(15-9)10(12,13)14/h1,3,5-6,16H,2,4H2. The van der Waals surface area contributed by atoms with Crippen LogP contribution in [-0.4, -0.2) is 16.7 Å². The first kappa shape index (κ1) is 13.0. The number of hydrogen-bond acceptors (Lipinski definition) is 2. The smallest absolute Gasteiger partial charge is 0.396 e. The molecule has 1 aromatic rings. The molecule has 1 rings (SSSR count). The summed E-state index contributed by atoms with van der Waals surface area (Å²) in [6, 6.07) is 2.23. The van der Waals surface area contributed by atoms with E-state index < -0.39 is 11.9 Å². The van der Waals surface area contributed by atoms with Crippen LogP contribution in [0.5, 0.6) is 0 Å². The molecule has 0 unspecified atom stereocenters. The minimum atomic E-state index is -4.51. The molecule has 88 valence electrons. The second-order valence-corrected chi connectivity index (χ2v) is 3.41. The van der Waals surface area contributed by atoms with Gasteiger partial charge in [-0.3, -0.25) is 0 Å². The number of hydrogen-bond donors (Lipinski definition) is 1. The number of aliphatic hydroxyl groups is 1. The van der Waals surface area contributed by atoms with Crippen molar-refractivity contribution in [3.63, 3.8) is 0 Å². The first-order valence-corrected chi connectivity index (χ1v) is 4.83. The molecule has 0 aliphatic heterocycles. The van der Waals surface area contributed by atoms with Gasteiger partial charge in [-0.05, 0) is 24.1 Å². The van der Waals surface area contributed by atoms with Gasteiger partial charge in [0.2, 0.25) is 0 Å². The van der Waals surface area contributed by atoms with Crippen molar-refractivity contribution in [2.24, 2.45) is 0 Å². The Hall–Kier alpha value is -1.07. The summed E-state index contributed by atoms with van der Waals surface area (Å²) in [6.07, 6.45) is -1.11. The van der Waals surface area contributed by atoms with Gasteiger partial charge < -0.3 is 5.11 Å². The van der Waals surface area contributed by atoms with E-state index in [0.29, 0.717) is 12.0 Å². The van der Waals surface area contributed by atoms with Gasteiger partial charge in [-0.15, -0.1) is 0 Å². The summed E-state index contributed by atoms with van der Waals surface area (Å²) in [5.41, 5.74) is -0.718. The van der Waals surface area contributed by atoms with Crippen LogP contribution in [0.25, 0.3) is 6.08 Å². The lowest BCUT2D eigenvalue weighted by Crippen LogP contribution is -2.08. The normalized spacial score (nSPS) is 12.3. The zero-order valence-corrected chi connectivity index (χ0v) is 8.89. The quantitative estimate of drug-likeness (QED) is 0.837. The number of pyridine rings is 1. The number of aromatic nitrogens is 1. The summed E-state index contributed by atoms with van der Waals surface area (Å²) < 4.78 is 37.1. The Morgan fingerprint density at radius 2 is 2.06 bits per heavy atom. The molecule has 0 aromatic carbocycles. The van der Waals surface area contributed by atoms with Gasteiger partial charge >= 0.3 is 6.18 Å². The monoisotopic (exact) mass is 251 g/mol. The molecule has 6 heteroatoms. The third kappa shape index (κ3) is 3.83. The van der Waals surface area contributed by atoms with Gasteiger partial charge in [0.1, 0.15) is 10.8 Å². The number of halogens is 4. The van der Waals surface area contributed by atoms with Crippen LogP contribution >= 0.6 is 11.6 Å². The molecular weight excluding hydrogens is 243 g/mol. The van der Waals surface area contributed by atoms with Crippen LogP contribution in [0.3, 0.4) is 0 Å². The largest absolute Gasteiger partial charge is 0.433 e. The lowest BCUT2D eigenvalue weighted by Gasteiger charge is -2.06. The molecule has 0 aliphatic rings. The highest BCUT2D eigenvalue weighted by molar-refractivity contribution is 6.29. The van der Waals surface area contributed by atoms with E-state index in [-0.39, 0.29) is 11.8 Å². The molecule has 0 amide bonds. The maximum absolute atomic E-state index is 12.4. The second kappa shape index (κ2) is 5.32. The summed E-state index contributed by atoms with van der Waals surface area (Å²) in [4.78, 5) is 3.19. The van der Waals surface area contributed by atoms with Gasteiger partial charge in [-0.1, -0.05) is 23.8 Å². The molecular formula is C10H9ClF3NO. The van der Waals surface area contributed by atoms with Crippen molar-refractivity contribution in [2.75, 3.05) is 6.61 Å². The van der Waals surface area contributed by atoms with E-state index in [1.165, 1.54) is 12.1 Å². The van der Waals surface area contributed by atoms with Crippen molar-refractivity contribution in [1.82, 2.24) is 4.98 Å². The van der Waals surface area contributed by atoms with Crippen molar-refractivity contribution < 1.29 is 18.3 Å². The Morgan fingerprint density at radius 3 is 2.62 bits per heavy atom. The van der Waals surface area contributed by atoms with Gasteiger partial charge in [0.25, 0.3) is 0 Å². The van der Waals surface area contributed by atoms with E-state index in [4.69, 9.17) is 16.7 Å². The van der Waals surface area contributed by atoms with Crippen LogP contribution in [0.2, 0.25) is 5.15 Å². The van der Waals surface area contributed by atoms with E-state index >= 15 is 0 Å². The first-order valence-electron chi connectivity index (χ1n) is 4.45. The average Bonchev–Trinajstić information content (AvgIpc) is 2.16. The molecule has 0 fully saturated rings. The Labute approximate surface area is 95.4 Å². The fraction of sp³-hybridized carbons (Fsp3) is 0.300. The Morgan fingerprint density at radius 1 is 1.38 bits per heavy atom. The van der Waals surface area contributed by atoms with Gasteiger partial charge in [0, 0.05) is 6.61 Å². The maximum atomic E-state index is 12.4. The first-order chi connectivity index (χ1) is 7.43. The third-order valence-corrected chi connectivity index (χ3v) is 1.91. The zero-order valence-electron chi connectivity index (χ0n) is 8.13. The Balaban J connectivity index is 2.99. The van der Waals surface area contributed by atoms with Crippen LogP contribution in [0, 0.1) is 0 Å². The van der Waals surface area contributed by atoms with E-state index in [9.17, 15) is 13.2 Å². The van der Waals surface area contributed by atoms with Gasteiger partial charge in [0.05, 0.1) is 0 Å². The van der Waals surface area contributed by atoms with E-state index in [2.05, 4.69) is 4.98 Å². The molecule has 1 aromatic heterocycles. The van der Waals surface area contributed by atoms with Crippen molar-refractivity contribution >= 4 is 17.7 Å². The molecule has 0 saturated heterocycles. The molecule has 0 saturated carbocycles. The number of nitrogens with zero attached hydrogens (tertiary/aromatic N) is 1. The number of aliphatic hydroxyl groups excluding tert-OH is 1. The van der Waals surface area contributed by atoms with Crippen LogP contribution in [0.4, 0.5) is 13.2 Å². The van der Waals surface area contributed by atoms with Crippen LogP contribution in [-0.2, 0) is 6.18 Å². The van der Waals surface area contributed by atoms with Crippen molar-refractivity contribution in [1.29, 1.82) is 0 Å². The van der Waals surface area contributed by atoms with Crippen molar-refractivity contribution in [2.45, 2.75) is 12.6 Å². The van der Waals surface area contributed by atoms with Gasteiger partial charge in [-0.2, -0.15) is 13.2 Å². The topological polar surface area (TPSA) is 33.1 Å². The van der Waals surface area contributed by atoms with Gasteiger partial charge in [-0.25, -0.2) is 4.98 Å². The highest BCUT2D eigenvalue weighted by Crippen LogP contribution is 2.29. The van der Waals surface area contributed by atoms with E-state index in [0.717, 1.165) is 6.07 Å². The Kier molecular flexibility index (Phi) is 4.32. The molecule has 2 nitrogen and oxygen atoms in total. The van der Waals surface area contributed by atoms with Crippen LogP contribution < -0.4 is 0 Å².